The van der Waals surface area contributed by atoms with Crippen molar-refractivity contribution in [3.63, 3.8) is 0 Å². The molecule has 1 aromatic carbocycles. The molecule has 0 heterocycles. The number of aliphatic carboxylic acids is 1. The van der Waals surface area contributed by atoms with Crippen LogP contribution in [0, 0.1) is 5.92 Å². The minimum Gasteiger partial charge on any atom is -0.495 e. The van der Waals surface area contributed by atoms with Crippen molar-refractivity contribution in [2.24, 2.45) is 5.92 Å². The molecule has 4 heteroatoms. The lowest BCUT2D eigenvalue weighted by Crippen LogP contribution is -2.11. The first-order valence-corrected chi connectivity index (χ1v) is 5.43. The lowest BCUT2D eigenvalue weighted by molar-refractivity contribution is -0.138. The summed E-state index contributed by atoms with van der Waals surface area (Å²) < 4.78 is 5.06. The quantitative estimate of drug-likeness (QED) is 0.884. The Bertz CT molecular complexity index is 444. The second-order valence-corrected chi connectivity index (χ2v) is 4.77. The third-order valence-electron chi connectivity index (χ3n) is 3.35. The number of carboxylic acids is 1. The predicted octanol–water partition coefficient (Wildman–Crippen LogP) is 2.71. The fourth-order valence-electron chi connectivity index (χ4n) is 2.07. The highest BCUT2D eigenvalue weighted by atomic mass is 35.5. The highest BCUT2D eigenvalue weighted by Crippen LogP contribution is 2.54. The molecule has 2 atom stereocenters. The van der Waals surface area contributed by atoms with Crippen LogP contribution in [0.1, 0.15) is 18.9 Å². The number of hydrogen-bond acceptors (Lipinski definition) is 2. The third-order valence-corrected chi connectivity index (χ3v) is 3.64. The summed E-state index contributed by atoms with van der Waals surface area (Å²) in [6.45, 7) is 1.95. The zero-order valence-corrected chi connectivity index (χ0v) is 9.91. The summed E-state index contributed by atoms with van der Waals surface area (Å²) in [5.74, 6) is -0.423. The van der Waals surface area contributed by atoms with Gasteiger partial charge < -0.3 is 9.84 Å². The van der Waals surface area contributed by atoms with Crippen molar-refractivity contribution in [2.75, 3.05) is 7.11 Å². The molecule has 0 amide bonds. The monoisotopic (exact) mass is 240 g/mol. The molecule has 1 aromatic rings. The normalized spacial score (nSPS) is 27.6. The van der Waals surface area contributed by atoms with E-state index in [0.29, 0.717) is 17.2 Å². The maximum Gasteiger partial charge on any atom is 0.307 e. The summed E-state index contributed by atoms with van der Waals surface area (Å²) in [4.78, 5) is 10.9. The van der Waals surface area contributed by atoms with Gasteiger partial charge in [0.05, 0.1) is 18.1 Å². The maximum absolute atomic E-state index is 10.9. The average molecular weight is 241 g/mol. The number of halogens is 1. The van der Waals surface area contributed by atoms with Gasteiger partial charge in [0.25, 0.3) is 0 Å². The number of carboxylic acid groups (broad SMARTS) is 1. The summed E-state index contributed by atoms with van der Waals surface area (Å²) >= 11 is 6.02. The second kappa shape index (κ2) is 3.67. The van der Waals surface area contributed by atoms with Crippen LogP contribution in [-0.4, -0.2) is 18.2 Å². The Hall–Kier alpha value is -1.22. The topological polar surface area (TPSA) is 46.5 Å². The van der Waals surface area contributed by atoms with Crippen LogP contribution in [0.4, 0.5) is 0 Å². The van der Waals surface area contributed by atoms with Gasteiger partial charge in [0.2, 0.25) is 0 Å². The van der Waals surface area contributed by atoms with E-state index >= 15 is 0 Å². The minimum atomic E-state index is -0.741. The van der Waals surface area contributed by atoms with Crippen LogP contribution in [0.15, 0.2) is 18.2 Å². The van der Waals surface area contributed by atoms with Crippen LogP contribution in [0.2, 0.25) is 5.02 Å². The highest BCUT2D eigenvalue weighted by Gasteiger charge is 2.56. The number of methoxy groups -OCH3 is 1. The largest absolute Gasteiger partial charge is 0.495 e. The van der Waals surface area contributed by atoms with E-state index in [0.717, 1.165) is 5.56 Å². The molecule has 1 N–H and O–H groups in total. The number of hydrogen-bond donors (Lipinski definition) is 1. The molecule has 3 nitrogen and oxygen atoms in total. The Morgan fingerprint density at radius 2 is 2.31 bits per heavy atom. The van der Waals surface area contributed by atoms with Crippen molar-refractivity contribution in [2.45, 2.75) is 18.8 Å². The van der Waals surface area contributed by atoms with Crippen molar-refractivity contribution >= 4 is 17.6 Å². The molecule has 16 heavy (non-hydrogen) atoms. The van der Waals surface area contributed by atoms with E-state index in [2.05, 4.69) is 0 Å². The van der Waals surface area contributed by atoms with Crippen LogP contribution < -0.4 is 4.74 Å². The van der Waals surface area contributed by atoms with Gasteiger partial charge in [-0.05, 0) is 24.1 Å². The summed E-state index contributed by atoms with van der Waals surface area (Å²) in [6, 6.07) is 5.46. The molecule has 1 aliphatic rings. The molecule has 86 valence electrons. The molecule has 2 unspecified atom stereocenters. The molecule has 0 aliphatic heterocycles. The minimum absolute atomic E-state index is 0.276. The average Bonchev–Trinajstić information content (AvgIpc) is 2.92. The summed E-state index contributed by atoms with van der Waals surface area (Å²) in [7, 11) is 1.56. The van der Waals surface area contributed by atoms with Crippen LogP contribution in [0.3, 0.4) is 0 Å². The molecule has 2 rings (SSSR count). The van der Waals surface area contributed by atoms with Gasteiger partial charge in [-0.3, -0.25) is 4.79 Å². The Morgan fingerprint density at radius 1 is 1.62 bits per heavy atom. The zero-order chi connectivity index (χ0) is 11.9. The first-order valence-electron chi connectivity index (χ1n) is 5.06. The molecule has 1 aliphatic carbocycles. The van der Waals surface area contributed by atoms with Gasteiger partial charge in [0, 0.05) is 5.41 Å². The Kier molecular flexibility index (Phi) is 2.58. The molecular formula is C12H13ClO3. The smallest absolute Gasteiger partial charge is 0.307 e. The molecule has 0 bridgehead atoms. The van der Waals surface area contributed by atoms with E-state index in [1.807, 2.05) is 13.0 Å². The molecule has 0 aromatic heterocycles. The highest BCUT2D eigenvalue weighted by molar-refractivity contribution is 6.32. The molecule has 0 saturated heterocycles. The molecule has 0 spiro atoms. The van der Waals surface area contributed by atoms with Crippen molar-refractivity contribution in [1.82, 2.24) is 0 Å². The van der Waals surface area contributed by atoms with Gasteiger partial charge in [0.15, 0.2) is 0 Å². The van der Waals surface area contributed by atoms with Crippen LogP contribution in [0.25, 0.3) is 0 Å². The van der Waals surface area contributed by atoms with Crippen molar-refractivity contribution in [1.29, 1.82) is 0 Å². The molecule has 1 saturated carbocycles. The fourth-order valence-corrected chi connectivity index (χ4v) is 2.32. The number of rotatable bonds is 3. The standard InChI is InChI=1S/C12H13ClO3/c1-12(6-8(12)11(14)15)7-3-4-10(16-2)9(13)5-7/h3-5,8H,6H2,1-2H3,(H,14,15). The van der Waals surface area contributed by atoms with E-state index in [1.165, 1.54) is 0 Å². The lowest BCUT2D eigenvalue weighted by atomic mass is 9.95. The maximum atomic E-state index is 10.9. The summed E-state index contributed by atoms with van der Waals surface area (Å²) in [5, 5.41) is 9.49. The van der Waals surface area contributed by atoms with Crippen molar-refractivity contribution in [3.8, 4) is 5.75 Å². The van der Waals surface area contributed by atoms with E-state index in [4.69, 9.17) is 21.4 Å². The van der Waals surface area contributed by atoms with Gasteiger partial charge in [-0.2, -0.15) is 0 Å². The van der Waals surface area contributed by atoms with Crippen LogP contribution in [-0.2, 0) is 10.2 Å². The first kappa shape index (κ1) is 11.3. The van der Waals surface area contributed by atoms with E-state index < -0.39 is 5.97 Å². The Balaban J connectivity index is 2.30. The number of ether oxygens (including phenoxy) is 1. The first-order chi connectivity index (χ1) is 7.49. The second-order valence-electron chi connectivity index (χ2n) is 4.36. The third kappa shape index (κ3) is 1.65. The number of carbonyl (C=O) groups is 1. The van der Waals surface area contributed by atoms with E-state index in [9.17, 15) is 4.79 Å². The number of benzene rings is 1. The summed E-state index contributed by atoms with van der Waals surface area (Å²) in [5.41, 5.74) is 0.688. The summed E-state index contributed by atoms with van der Waals surface area (Å²) in [6.07, 6.45) is 0.672. The SMILES string of the molecule is COc1ccc(C2(C)CC2C(=O)O)cc1Cl. The zero-order valence-electron chi connectivity index (χ0n) is 9.16. The van der Waals surface area contributed by atoms with Crippen molar-refractivity contribution in [3.05, 3.63) is 28.8 Å². The van der Waals surface area contributed by atoms with Gasteiger partial charge in [-0.1, -0.05) is 24.6 Å². The molecular weight excluding hydrogens is 228 g/mol. The Morgan fingerprint density at radius 3 is 2.75 bits per heavy atom. The van der Waals surface area contributed by atoms with Crippen molar-refractivity contribution < 1.29 is 14.6 Å². The van der Waals surface area contributed by atoms with Crippen LogP contribution in [0.5, 0.6) is 5.75 Å². The van der Waals surface area contributed by atoms with Gasteiger partial charge in [-0.15, -0.1) is 0 Å². The lowest BCUT2D eigenvalue weighted by Gasteiger charge is -2.12. The molecule has 1 fully saturated rings. The predicted molar refractivity (Wildman–Crippen MR) is 61.1 cm³/mol. The van der Waals surface area contributed by atoms with E-state index in [1.54, 1.807) is 19.2 Å². The van der Waals surface area contributed by atoms with Crippen LogP contribution >= 0.6 is 11.6 Å². The van der Waals surface area contributed by atoms with Gasteiger partial charge in [-0.25, -0.2) is 0 Å². The molecule has 0 radical (unpaired) electrons. The van der Waals surface area contributed by atoms with Gasteiger partial charge >= 0.3 is 5.97 Å². The van der Waals surface area contributed by atoms with E-state index in [-0.39, 0.29) is 11.3 Å². The fraction of sp³-hybridized carbons (Fsp3) is 0.417. The van der Waals surface area contributed by atoms with Gasteiger partial charge in [0.1, 0.15) is 5.75 Å². The Labute approximate surface area is 99.0 Å².